The molecule has 1 aliphatic rings. The number of anilines is 2. The maximum absolute atomic E-state index is 12.4. The molecule has 1 aromatic heterocycles. The maximum atomic E-state index is 12.4. The van der Waals surface area contributed by atoms with E-state index in [2.05, 4.69) is 47.9 Å². The van der Waals surface area contributed by atoms with Crippen LogP contribution in [0.3, 0.4) is 0 Å². The van der Waals surface area contributed by atoms with Crippen LogP contribution in [0.25, 0.3) is 4.85 Å². The Morgan fingerprint density at radius 2 is 1.86 bits per heavy atom. The number of hydrogen-bond donors (Lipinski definition) is 4. The number of pyridine rings is 1. The van der Waals surface area contributed by atoms with Gasteiger partial charge in [0.25, 0.3) is 0 Å². The van der Waals surface area contributed by atoms with E-state index >= 15 is 0 Å². The molecule has 12 heteroatoms. The first-order valence-electron chi connectivity index (χ1n) is 11.7. The normalized spacial score (nSPS) is 13.9. The number of urea groups is 2. The molecule has 1 aliphatic heterocycles. The smallest absolute Gasteiger partial charge is 0.324 e. The molecule has 36 heavy (non-hydrogen) atoms. The summed E-state index contributed by atoms with van der Waals surface area (Å²) in [6.45, 7) is 13.3. The highest BCUT2D eigenvalue weighted by molar-refractivity contribution is 6.31. The molecular weight excluding hydrogens is 484 g/mol. The second-order valence-electron chi connectivity index (χ2n) is 8.26. The SMILES string of the molecule is [C-]#[N+]c1ccc(NC(=O)Nc2cc(Cl)ccc2OCCCNC(=O)NCCN2CCN(C)CC2)nc1. The molecule has 1 aromatic carbocycles. The first kappa shape index (κ1) is 27.0. The predicted octanol–water partition coefficient (Wildman–Crippen LogP) is 3.25. The van der Waals surface area contributed by atoms with E-state index in [1.165, 1.54) is 12.3 Å². The molecule has 0 atom stereocenters. The van der Waals surface area contributed by atoms with Crippen molar-refractivity contribution < 1.29 is 14.3 Å². The van der Waals surface area contributed by atoms with E-state index in [4.69, 9.17) is 22.9 Å². The first-order chi connectivity index (χ1) is 17.4. The minimum Gasteiger partial charge on any atom is -0.491 e. The van der Waals surface area contributed by atoms with Gasteiger partial charge in [-0.05, 0) is 37.7 Å². The Morgan fingerprint density at radius 1 is 1.08 bits per heavy atom. The van der Waals surface area contributed by atoms with Gasteiger partial charge in [0, 0.05) is 57.0 Å². The summed E-state index contributed by atoms with van der Waals surface area (Å²) >= 11 is 6.08. The molecule has 0 unspecified atom stereocenters. The number of halogens is 1. The fourth-order valence-electron chi connectivity index (χ4n) is 3.44. The molecule has 1 fully saturated rings. The van der Waals surface area contributed by atoms with E-state index in [0.717, 1.165) is 32.7 Å². The third-order valence-corrected chi connectivity index (χ3v) is 5.72. The number of piperazine rings is 1. The number of rotatable bonds is 10. The number of aromatic nitrogens is 1. The van der Waals surface area contributed by atoms with Gasteiger partial charge in [0.15, 0.2) is 0 Å². The number of carbonyl (C=O) groups excluding carboxylic acids is 2. The van der Waals surface area contributed by atoms with Crippen LogP contribution in [0, 0.1) is 6.57 Å². The molecule has 3 rings (SSSR count). The van der Waals surface area contributed by atoms with Crippen LogP contribution in [0.15, 0.2) is 36.5 Å². The molecule has 2 heterocycles. The summed E-state index contributed by atoms with van der Waals surface area (Å²) in [4.78, 5) is 36.3. The topological polar surface area (TPSA) is 115 Å². The molecule has 0 radical (unpaired) electrons. The quantitative estimate of drug-likeness (QED) is 0.286. The second-order valence-corrected chi connectivity index (χ2v) is 8.70. The average Bonchev–Trinajstić information content (AvgIpc) is 2.86. The van der Waals surface area contributed by atoms with E-state index in [-0.39, 0.29) is 6.03 Å². The molecule has 0 bridgehead atoms. The molecule has 0 aliphatic carbocycles. The largest absolute Gasteiger partial charge is 0.491 e. The van der Waals surface area contributed by atoms with Crippen molar-refractivity contribution in [1.29, 1.82) is 0 Å². The molecule has 192 valence electrons. The standard InChI is InChI=1S/C24H31ClN8O3/c1-26-19-5-7-22(29-17-19)31-24(35)30-20-16-18(25)4-6-21(20)36-15-3-8-27-23(34)28-9-10-33-13-11-32(2)12-14-33/h4-7,16-17H,3,8-15H2,2H3,(H2,27,28,34)(H2,29,30,31,35). The highest BCUT2D eigenvalue weighted by Crippen LogP contribution is 2.28. The zero-order valence-corrected chi connectivity index (χ0v) is 21.0. The van der Waals surface area contributed by atoms with Crippen LogP contribution in [-0.4, -0.2) is 86.3 Å². The Hall–Kier alpha value is -3.59. The highest BCUT2D eigenvalue weighted by atomic mass is 35.5. The molecule has 4 amide bonds. The van der Waals surface area contributed by atoms with Gasteiger partial charge in [-0.3, -0.25) is 15.2 Å². The fraction of sp³-hybridized carbons (Fsp3) is 0.417. The number of amides is 4. The van der Waals surface area contributed by atoms with Crippen molar-refractivity contribution in [3.63, 3.8) is 0 Å². The number of ether oxygens (including phenoxy) is 1. The van der Waals surface area contributed by atoms with E-state index in [9.17, 15) is 9.59 Å². The van der Waals surface area contributed by atoms with Crippen LogP contribution in [0.4, 0.5) is 26.8 Å². The van der Waals surface area contributed by atoms with Gasteiger partial charge in [-0.1, -0.05) is 17.7 Å². The third kappa shape index (κ3) is 9.22. The number of hydrogen-bond acceptors (Lipinski definition) is 6. The van der Waals surface area contributed by atoms with Crippen LogP contribution >= 0.6 is 11.6 Å². The lowest BCUT2D eigenvalue weighted by atomic mass is 10.3. The van der Waals surface area contributed by atoms with Crippen LogP contribution < -0.4 is 26.0 Å². The molecule has 1 saturated heterocycles. The van der Waals surface area contributed by atoms with E-state index in [0.29, 0.717) is 54.1 Å². The molecule has 11 nitrogen and oxygen atoms in total. The molecule has 0 saturated carbocycles. The Bertz CT molecular complexity index is 1050. The van der Waals surface area contributed by atoms with Crippen LogP contribution in [0.1, 0.15) is 6.42 Å². The van der Waals surface area contributed by atoms with Gasteiger partial charge in [0.2, 0.25) is 5.69 Å². The van der Waals surface area contributed by atoms with Crippen LogP contribution in [0.2, 0.25) is 5.02 Å². The van der Waals surface area contributed by atoms with E-state index in [1.54, 1.807) is 24.3 Å². The third-order valence-electron chi connectivity index (χ3n) is 5.48. The van der Waals surface area contributed by atoms with Gasteiger partial charge in [0.05, 0.1) is 18.9 Å². The highest BCUT2D eigenvalue weighted by Gasteiger charge is 2.13. The molecular formula is C24H31ClN8O3. The lowest BCUT2D eigenvalue weighted by Gasteiger charge is -2.32. The minimum atomic E-state index is -0.528. The number of benzene rings is 1. The lowest BCUT2D eigenvalue weighted by Crippen LogP contribution is -2.47. The summed E-state index contributed by atoms with van der Waals surface area (Å²) in [5, 5.41) is 11.4. The monoisotopic (exact) mass is 514 g/mol. The van der Waals surface area contributed by atoms with Crippen LogP contribution in [0.5, 0.6) is 5.75 Å². The number of likely N-dealkylation sites (N-methyl/N-ethyl adjacent to an activating group) is 1. The lowest BCUT2D eigenvalue weighted by molar-refractivity contribution is 0.155. The second kappa shape index (κ2) is 14.1. The van der Waals surface area contributed by atoms with Gasteiger partial charge in [-0.2, -0.15) is 0 Å². The summed E-state index contributed by atoms with van der Waals surface area (Å²) in [5.41, 5.74) is 0.775. The first-order valence-corrected chi connectivity index (χ1v) is 12.1. The van der Waals surface area contributed by atoms with Crippen molar-refractivity contribution in [3.05, 3.63) is 53.0 Å². The zero-order chi connectivity index (χ0) is 25.8. The summed E-state index contributed by atoms with van der Waals surface area (Å²) in [5.74, 6) is 0.750. The van der Waals surface area contributed by atoms with Crippen molar-refractivity contribution in [2.45, 2.75) is 6.42 Å². The van der Waals surface area contributed by atoms with Crippen molar-refractivity contribution in [3.8, 4) is 5.75 Å². The van der Waals surface area contributed by atoms with Crippen molar-refractivity contribution in [2.75, 3.05) is 70.1 Å². The molecule has 0 spiro atoms. The Balaban J connectivity index is 1.35. The summed E-state index contributed by atoms with van der Waals surface area (Å²) in [6.07, 6.45) is 1.95. The number of carbonyl (C=O) groups is 2. The van der Waals surface area contributed by atoms with Crippen molar-refractivity contribution in [2.24, 2.45) is 0 Å². The predicted molar refractivity (Wildman–Crippen MR) is 140 cm³/mol. The average molecular weight is 515 g/mol. The van der Waals surface area contributed by atoms with E-state index < -0.39 is 6.03 Å². The Kier molecular flexibility index (Phi) is 10.6. The zero-order valence-electron chi connectivity index (χ0n) is 20.2. The maximum Gasteiger partial charge on any atom is 0.324 e. The molecule has 4 N–H and O–H groups in total. The van der Waals surface area contributed by atoms with Gasteiger partial charge in [-0.25, -0.2) is 14.4 Å². The van der Waals surface area contributed by atoms with Crippen molar-refractivity contribution in [1.82, 2.24) is 25.4 Å². The van der Waals surface area contributed by atoms with Gasteiger partial charge in [-0.15, -0.1) is 0 Å². The minimum absolute atomic E-state index is 0.201. The fourth-order valence-corrected chi connectivity index (χ4v) is 3.61. The summed E-state index contributed by atoms with van der Waals surface area (Å²) in [7, 11) is 2.12. The Morgan fingerprint density at radius 3 is 2.58 bits per heavy atom. The summed E-state index contributed by atoms with van der Waals surface area (Å²) in [6, 6.07) is 7.28. The molecule has 2 aromatic rings. The van der Waals surface area contributed by atoms with Crippen molar-refractivity contribution >= 4 is 40.9 Å². The van der Waals surface area contributed by atoms with Gasteiger partial charge >= 0.3 is 12.1 Å². The number of nitrogens with one attached hydrogen (secondary N) is 4. The van der Waals surface area contributed by atoms with Crippen LogP contribution in [-0.2, 0) is 0 Å². The van der Waals surface area contributed by atoms with Gasteiger partial charge in [0.1, 0.15) is 11.6 Å². The van der Waals surface area contributed by atoms with E-state index in [1.807, 2.05) is 0 Å². The summed E-state index contributed by atoms with van der Waals surface area (Å²) < 4.78 is 5.79. The van der Waals surface area contributed by atoms with Gasteiger partial charge < -0.3 is 25.6 Å². The number of nitrogens with zero attached hydrogens (tertiary/aromatic N) is 4. The Labute approximate surface area is 216 Å².